The van der Waals surface area contributed by atoms with Gasteiger partial charge in [0.15, 0.2) is 0 Å². The molecule has 1 aromatic rings. The summed E-state index contributed by atoms with van der Waals surface area (Å²) >= 11 is 0. The minimum atomic E-state index is -0.0902. The van der Waals surface area contributed by atoms with Gasteiger partial charge in [0, 0.05) is 36.9 Å². The van der Waals surface area contributed by atoms with Crippen LogP contribution in [0.5, 0.6) is 0 Å². The maximum Gasteiger partial charge on any atom is 0.326 e. The van der Waals surface area contributed by atoms with Gasteiger partial charge in [-0.05, 0) is 12.0 Å². The van der Waals surface area contributed by atoms with Gasteiger partial charge in [0.2, 0.25) is 0 Å². The molecule has 0 saturated carbocycles. The highest BCUT2D eigenvalue weighted by Crippen LogP contribution is 2.31. The predicted octanol–water partition coefficient (Wildman–Crippen LogP) is 2.86. The molecule has 2 aliphatic rings. The summed E-state index contributed by atoms with van der Waals surface area (Å²) in [6.07, 6.45) is 0. The van der Waals surface area contributed by atoms with Crippen molar-refractivity contribution in [1.82, 2.24) is 9.80 Å². The average molecular weight is 315 g/mol. The fourth-order valence-corrected chi connectivity index (χ4v) is 3.33. The molecule has 1 atom stereocenters. The first-order valence-corrected chi connectivity index (χ1v) is 8.26. The van der Waals surface area contributed by atoms with Gasteiger partial charge in [-0.1, -0.05) is 38.6 Å². The lowest BCUT2D eigenvalue weighted by atomic mass is 9.99. The first-order chi connectivity index (χ1) is 11.1. The molecule has 1 N–H and O–H groups in total. The third-order valence-electron chi connectivity index (χ3n) is 4.70. The first-order valence-electron chi connectivity index (χ1n) is 8.26. The molecule has 3 rings (SSSR count). The van der Waals surface area contributed by atoms with Crippen LogP contribution in [0.15, 0.2) is 30.8 Å². The van der Waals surface area contributed by atoms with Crippen molar-refractivity contribution in [2.75, 3.05) is 38.2 Å². The minimum absolute atomic E-state index is 0.0902. The fraction of sp³-hybridized carbons (Fsp3) is 0.500. The number of para-hydroxylation sites is 1. The van der Waals surface area contributed by atoms with E-state index < -0.39 is 0 Å². The molecule has 0 aliphatic carbocycles. The molecule has 0 unspecified atom stereocenters. The lowest BCUT2D eigenvalue weighted by Crippen LogP contribution is -2.53. The van der Waals surface area contributed by atoms with Gasteiger partial charge < -0.3 is 10.1 Å². The third-order valence-corrected chi connectivity index (χ3v) is 4.70. The Hall–Kier alpha value is -1.85. The van der Waals surface area contributed by atoms with Crippen molar-refractivity contribution in [1.29, 1.82) is 0 Å². The van der Waals surface area contributed by atoms with Gasteiger partial charge in [-0.2, -0.15) is 0 Å². The molecule has 2 heterocycles. The molecule has 124 valence electrons. The Morgan fingerprint density at radius 1 is 1.26 bits per heavy atom. The van der Waals surface area contributed by atoms with Crippen LogP contribution in [0.1, 0.15) is 19.4 Å². The highest BCUT2D eigenvalue weighted by Gasteiger charge is 2.32. The Labute approximate surface area is 137 Å². The zero-order chi connectivity index (χ0) is 16.4. The second kappa shape index (κ2) is 6.72. The molecule has 2 aliphatic heterocycles. The summed E-state index contributed by atoms with van der Waals surface area (Å²) in [7, 11) is 0. The number of nitrogens with zero attached hydrogens (tertiary/aromatic N) is 2. The van der Waals surface area contributed by atoms with Crippen LogP contribution in [0.25, 0.3) is 5.70 Å². The van der Waals surface area contributed by atoms with Gasteiger partial charge in [0.05, 0.1) is 18.9 Å². The van der Waals surface area contributed by atoms with Crippen LogP contribution < -0.4 is 5.32 Å². The first kappa shape index (κ1) is 16.0. The van der Waals surface area contributed by atoms with Crippen molar-refractivity contribution >= 4 is 17.4 Å². The Morgan fingerprint density at radius 2 is 1.96 bits per heavy atom. The topological polar surface area (TPSA) is 44.8 Å². The number of nitrogens with one attached hydrogen (secondary N) is 1. The van der Waals surface area contributed by atoms with Crippen LogP contribution in [0.4, 0.5) is 10.5 Å². The number of urea groups is 1. The summed E-state index contributed by atoms with van der Waals surface area (Å²) < 4.78 is 5.46. The Morgan fingerprint density at radius 3 is 2.65 bits per heavy atom. The average Bonchev–Trinajstić information content (AvgIpc) is 2.55. The lowest BCUT2D eigenvalue weighted by Gasteiger charge is -2.41. The summed E-state index contributed by atoms with van der Waals surface area (Å²) in [5, 5.41) is 2.97. The molecule has 1 fully saturated rings. The minimum Gasteiger partial charge on any atom is -0.379 e. The SMILES string of the molecule is C=C1c2ccccc2NC(=O)N1C[C@@H](C(C)C)N1CCOCC1. The second-order valence-electron chi connectivity index (χ2n) is 6.49. The molecule has 5 nitrogen and oxygen atoms in total. The quantitative estimate of drug-likeness (QED) is 0.929. The molecule has 23 heavy (non-hydrogen) atoms. The van der Waals surface area contributed by atoms with Gasteiger partial charge in [-0.25, -0.2) is 4.79 Å². The molecule has 0 spiro atoms. The zero-order valence-corrected chi connectivity index (χ0v) is 13.9. The maximum atomic E-state index is 12.5. The summed E-state index contributed by atoms with van der Waals surface area (Å²) in [4.78, 5) is 16.7. The fourth-order valence-electron chi connectivity index (χ4n) is 3.33. The van der Waals surface area contributed by atoms with E-state index in [0.29, 0.717) is 18.5 Å². The summed E-state index contributed by atoms with van der Waals surface area (Å²) in [6, 6.07) is 8.02. The van der Waals surface area contributed by atoms with E-state index in [1.807, 2.05) is 24.3 Å². The number of amides is 2. The number of hydrogen-bond acceptors (Lipinski definition) is 3. The van der Waals surface area contributed by atoms with Crippen LogP contribution >= 0.6 is 0 Å². The predicted molar refractivity (Wildman–Crippen MR) is 92.2 cm³/mol. The van der Waals surface area contributed by atoms with E-state index in [0.717, 1.165) is 43.3 Å². The number of ether oxygens (including phenoxy) is 1. The van der Waals surface area contributed by atoms with Gasteiger partial charge >= 0.3 is 6.03 Å². The van der Waals surface area contributed by atoms with Gasteiger partial charge in [-0.15, -0.1) is 0 Å². The van der Waals surface area contributed by atoms with E-state index in [1.54, 1.807) is 4.90 Å². The number of morpholine rings is 1. The normalized spacial score (nSPS) is 20.4. The molecule has 2 amide bonds. The smallest absolute Gasteiger partial charge is 0.326 e. The maximum absolute atomic E-state index is 12.5. The monoisotopic (exact) mass is 315 g/mol. The molecular formula is C18H25N3O2. The van der Waals surface area contributed by atoms with Crippen molar-refractivity contribution in [3.05, 3.63) is 36.4 Å². The van der Waals surface area contributed by atoms with Crippen LogP contribution in [0.3, 0.4) is 0 Å². The number of benzene rings is 1. The van der Waals surface area contributed by atoms with E-state index in [1.165, 1.54) is 0 Å². The van der Waals surface area contributed by atoms with Crippen LogP contribution in [-0.2, 0) is 4.74 Å². The van der Waals surface area contributed by atoms with E-state index in [4.69, 9.17) is 4.74 Å². The Kier molecular flexibility index (Phi) is 4.68. The molecular weight excluding hydrogens is 290 g/mol. The van der Waals surface area contributed by atoms with E-state index in [-0.39, 0.29) is 6.03 Å². The van der Waals surface area contributed by atoms with Crippen molar-refractivity contribution in [2.45, 2.75) is 19.9 Å². The van der Waals surface area contributed by atoms with Crippen LogP contribution in [0.2, 0.25) is 0 Å². The number of anilines is 1. The summed E-state index contributed by atoms with van der Waals surface area (Å²) in [6.45, 7) is 12.6. The molecule has 0 aromatic heterocycles. The number of carbonyl (C=O) groups is 1. The van der Waals surface area contributed by atoms with Crippen molar-refractivity contribution in [2.24, 2.45) is 5.92 Å². The second-order valence-corrected chi connectivity index (χ2v) is 6.49. The third kappa shape index (κ3) is 3.26. The number of fused-ring (bicyclic) bond motifs is 1. The van der Waals surface area contributed by atoms with Gasteiger partial charge in [0.1, 0.15) is 0 Å². The standard InChI is InChI=1S/C18H25N3O2/c1-13(2)17(20-8-10-23-11-9-20)12-21-14(3)15-6-4-5-7-16(15)19-18(21)22/h4-7,13,17H,3,8-12H2,1-2H3,(H,19,22)/t17-/m0/s1. The number of hydrogen-bond donors (Lipinski definition) is 1. The van der Waals surface area contributed by atoms with Crippen LogP contribution in [0, 0.1) is 5.92 Å². The highest BCUT2D eigenvalue weighted by atomic mass is 16.5. The Balaban J connectivity index is 1.80. The summed E-state index contributed by atoms with van der Waals surface area (Å²) in [5.41, 5.74) is 2.62. The molecule has 0 radical (unpaired) electrons. The summed E-state index contributed by atoms with van der Waals surface area (Å²) in [5.74, 6) is 0.450. The molecule has 1 saturated heterocycles. The number of rotatable bonds is 4. The molecule has 5 heteroatoms. The van der Waals surface area contributed by atoms with Crippen molar-refractivity contribution < 1.29 is 9.53 Å². The van der Waals surface area contributed by atoms with Gasteiger partial charge in [-0.3, -0.25) is 9.80 Å². The van der Waals surface area contributed by atoms with Gasteiger partial charge in [0.25, 0.3) is 0 Å². The van der Waals surface area contributed by atoms with Crippen molar-refractivity contribution in [3.8, 4) is 0 Å². The van der Waals surface area contributed by atoms with E-state index >= 15 is 0 Å². The highest BCUT2D eigenvalue weighted by molar-refractivity contribution is 6.02. The van der Waals surface area contributed by atoms with E-state index in [9.17, 15) is 4.79 Å². The largest absolute Gasteiger partial charge is 0.379 e. The van der Waals surface area contributed by atoms with E-state index in [2.05, 4.69) is 30.6 Å². The van der Waals surface area contributed by atoms with Crippen LogP contribution in [-0.4, -0.2) is 54.7 Å². The molecule has 1 aromatic carbocycles. The number of carbonyl (C=O) groups excluding carboxylic acids is 1. The Bertz CT molecular complexity index is 594. The van der Waals surface area contributed by atoms with Crippen molar-refractivity contribution in [3.63, 3.8) is 0 Å². The molecule has 0 bridgehead atoms. The lowest BCUT2D eigenvalue weighted by molar-refractivity contribution is 0.00293. The zero-order valence-electron chi connectivity index (χ0n) is 13.9.